The molecule has 1 fully saturated rings. The molecular formula is C19H31N. The summed E-state index contributed by atoms with van der Waals surface area (Å²) >= 11 is 0. The third kappa shape index (κ3) is 3.63. The van der Waals surface area contributed by atoms with Gasteiger partial charge in [-0.25, -0.2) is 0 Å². The fourth-order valence-electron chi connectivity index (χ4n) is 3.70. The summed E-state index contributed by atoms with van der Waals surface area (Å²) in [6.07, 6.45) is 6.73. The minimum atomic E-state index is 0.453. The van der Waals surface area contributed by atoms with E-state index in [1.165, 1.54) is 43.2 Å². The second-order valence-corrected chi connectivity index (χ2v) is 7.18. The first-order chi connectivity index (χ1) is 9.54. The lowest BCUT2D eigenvalue weighted by molar-refractivity contribution is 0.0982. The van der Waals surface area contributed by atoms with E-state index in [1.807, 2.05) is 0 Å². The van der Waals surface area contributed by atoms with Gasteiger partial charge in [0, 0.05) is 6.04 Å². The number of aryl methyl sites for hydroxylation is 1. The maximum atomic E-state index is 3.83. The van der Waals surface area contributed by atoms with Crippen molar-refractivity contribution in [1.29, 1.82) is 0 Å². The fourth-order valence-corrected chi connectivity index (χ4v) is 3.70. The van der Waals surface area contributed by atoms with E-state index in [4.69, 9.17) is 0 Å². The van der Waals surface area contributed by atoms with E-state index in [9.17, 15) is 0 Å². The smallest absolute Gasteiger partial charge is 0.0353 e. The average molecular weight is 273 g/mol. The van der Waals surface area contributed by atoms with E-state index in [-0.39, 0.29) is 0 Å². The van der Waals surface area contributed by atoms with Gasteiger partial charge in [0.2, 0.25) is 0 Å². The zero-order valence-electron chi connectivity index (χ0n) is 13.7. The summed E-state index contributed by atoms with van der Waals surface area (Å²) < 4.78 is 0. The van der Waals surface area contributed by atoms with E-state index in [0.717, 1.165) is 12.5 Å². The molecule has 0 amide bonds. The minimum Gasteiger partial charge on any atom is -0.310 e. The van der Waals surface area contributed by atoms with Crippen LogP contribution in [-0.4, -0.2) is 6.54 Å². The van der Waals surface area contributed by atoms with Crippen LogP contribution in [0.25, 0.3) is 0 Å². The number of rotatable bonds is 5. The second-order valence-electron chi connectivity index (χ2n) is 7.18. The van der Waals surface area contributed by atoms with Crippen molar-refractivity contribution in [2.45, 2.75) is 65.8 Å². The lowest BCUT2D eigenvalue weighted by Crippen LogP contribution is -2.39. The van der Waals surface area contributed by atoms with Gasteiger partial charge >= 0.3 is 0 Å². The quantitative estimate of drug-likeness (QED) is 0.772. The lowest BCUT2D eigenvalue weighted by atomic mass is 9.64. The van der Waals surface area contributed by atoms with Crippen LogP contribution in [-0.2, 0) is 0 Å². The molecule has 112 valence electrons. The molecule has 0 spiro atoms. The van der Waals surface area contributed by atoms with Crippen LogP contribution in [0.5, 0.6) is 0 Å². The monoisotopic (exact) mass is 273 g/mol. The molecule has 1 aromatic rings. The van der Waals surface area contributed by atoms with E-state index in [2.05, 4.69) is 57.3 Å². The van der Waals surface area contributed by atoms with Gasteiger partial charge in [0.05, 0.1) is 0 Å². The first kappa shape index (κ1) is 15.6. The summed E-state index contributed by atoms with van der Waals surface area (Å²) in [7, 11) is 0. The maximum Gasteiger partial charge on any atom is 0.0353 e. The molecule has 2 unspecified atom stereocenters. The summed E-state index contributed by atoms with van der Waals surface area (Å²) in [5, 5.41) is 3.83. The molecule has 1 aromatic carbocycles. The van der Waals surface area contributed by atoms with Crippen LogP contribution in [0.3, 0.4) is 0 Å². The number of nitrogens with one attached hydrogen (secondary N) is 1. The topological polar surface area (TPSA) is 12.0 Å². The van der Waals surface area contributed by atoms with Crippen molar-refractivity contribution in [3.05, 3.63) is 35.4 Å². The Bertz CT molecular complexity index is 404. The van der Waals surface area contributed by atoms with E-state index < -0.39 is 0 Å². The summed E-state index contributed by atoms with van der Waals surface area (Å²) in [5.41, 5.74) is 3.28. The van der Waals surface area contributed by atoms with Crippen LogP contribution >= 0.6 is 0 Å². The SMILES string of the molecule is CCCNC(c1ccc(C)cc1)C1CCCCC1(C)C. The van der Waals surface area contributed by atoms with Gasteiger partial charge in [-0.05, 0) is 49.6 Å². The van der Waals surface area contributed by atoms with Crippen molar-refractivity contribution in [3.8, 4) is 0 Å². The van der Waals surface area contributed by atoms with Crippen LogP contribution in [0.2, 0.25) is 0 Å². The molecule has 1 aliphatic carbocycles. The van der Waals surface area contributed by atoms with Gasteiger partial charge in [-0.3, -0.25) is 0 Å². The van der Waals surface area contributed by atoms with Crippen LogP contribution in [0, 0.1) is 18.3 Å². The van der Waals surface area contributed by atoms with Crippen LogP contribution in [0.1, 0.15) is 70.0 Å². The molecule has 0 saturated heterocycles. The normalized spacial score (nSPS) is 23.5. The summed E-state index contributed by atoms with van der Waals surface area (Å²) in [6.45, 7) is 10.5. The van der Waals surface area contributed by atoms with Crippen LogP contribution in [0.15, 0.2) is 24.3 Å². The third-order valence-corrected chi connectivity index (χ3v) is 5.04. The number of benzene rings is 1. The molecule has 0 radical (unpaired) electrons. The molecule has 0 aliphatic heterocycles. The maximum absolute atomic E-state index is 3.83. The van der Waals surface area contributed by atoms with Crippen molar-refractivity contribution in [2.24, 2.45) is 11.3 Å². The Kier molecular flexibility index (Phi) is 5.26. The molecular weight excluding hydrogens is 242 g/mol. The number of hydrogen-bond donors (Lipinski definition) is 1. The Morgan fingerprint density at radius 1 is 1.20 bits per heavy atom. The predicted octanol–water partition coefficient (Wildman–Crippen LogP) is 5.25. The fraction of sp³-hybridized carbons (Fsp3) is 0.684. The first-order valence-corrected chi connectivity index (χ1v) is 8.34. The van der Waals surface area contributed by atoms with Crippen molar-refractivity contribution < 1.29 is 0 Å². The van der Waals surface area contributed by atoms with E-state index in [1.54, 1.807) is 0 Å². The molecule has 0 aromatic heterocycles. The van der Waals surface area contributed by atoms with Crippen molar-refractivity contribution in [1.82, 2.24) is 5.32 Å². The van der Waals surface area contributed by atoms with E-state index >= 15 is 0 Å². The largest absolute Gasteiger partial charge is 0.310 e. The van der Waals surface area contributed by atoms with Gasteiger partial charge in [-0.1, -0.05) is 63.4 Å². The lowest BCUT2D eigenvalue weighted by Gasteiger charge is -2.44. The Morgan fingerprint density at radius 2 is 1.90 bits per heavy atom. The summed E-state index contributed by atoms with van der Waals surface area (Å²) in [4.78, 5) is 0. The average Bonchev–Trinajstić information content (AvgIpc) is 2.42. The van der Waals surface area contributed by atoms with Gasteiger partial charge in [-0.2, -0.15) is 0 Å². The second kappa shape index (κ2) is 6.76. The molecule has 1 nitrogen and oxygen atoms in total. The van der Waals surface area contributed by atoms with Gasteiger partial charge in [-0.15, -0.1) is 0 Å². The Hall–Kier alpha value is -0.820. The highest BCUT2D eigenvalue weighted by atomic mass is 14.9. The van der Waals surface area contributed by atoms with Gasteiger partial charge in [0.25, 0.3) is 0 Å². The molecule has 1 heteroatoms. The first-order valence-electron chi connectivity index (χ1n) is 8.34. The Balaban J connectivity index is 2.24. The molecule has 20 heavy (non-hydrogen) atoms. The Labute approximate surface area is 125 Å². The minimum absolute atomic E-state index is 0.453. The highest BCUT2D eigenvalue weighted by Crippen LogP contribution is 2.46. The summed E-state index contributed by atoms with van der Waals surface area (Å²) in [6, 6.07) is 9.68. The zero-order valence-corrected chi connectivity index (χ0v) is 13.7. The molecule has 0 bridgehead atoms. The zero-order chi connectivity index (χ0) is 14.6. The van der Waals surface area contributed by atoms with Gasteiger partial charge < -0.3 is 5.32 Å². The molecule has 1 N–H and O–H groups in total. The third-order valence-electron chi connectivity index (χ3n) is 5.04. The standard InChI is InChI=1S/C19H31N/c1-5-14-20-18(16-11-9-15(2)10-12-16)17-8-6-7-13-19(17,3)4/h9-12,17-18,20H,5-8,13-14H2,1-4H3. The predicted molar refractivity (Wildman–Crippen MR) is 88.0 cm³/mol. The van der Waals surface area contributed by atoms with Crippen LogP contribution < -0.4 is 5.32 Å². The Morgan fingerprint density at radius 3 is 2.50 bits per heavy atom. The molecule has 1 saturated carbocycles. The van der Waals surface area contributed by atoms with Crippen LogP contribution in [0.4, 0.5) is 0 Å². The van der Waals surface area contributed by atoms with Gasteiger partial charge in [0.1, 0.15) is 0 Å². The highest BCUT2D eigenvalue weighted by molar-refractivity contribution is 5.25. The van der Waals surface area contributed by atoms with E-state index in [0.29, 0.717) is 11.5 Å². The molecule has 2 atom stereocenters. The van der Waals surface area contributed by atoms with Gasteiger partial charge in [0.15, 0.2) is 0 Å². The van der Waals surface area contributed by atoms with Crippen molar-refractivity contribution >= 4 is 0 Å². The molecule has 2 rings (SSSR count). The van der Waals surface area contributed by atoms with Crippen molar-refractivity contribution in [3.63, 3.8) is 0 Å². The highest BCUT2D eigenvalue weighted by Gasteiger charge is 2.37. The molecule has 1 aliphatic rings. The van der Waals surface area contributed by atoms with Crippen molar-refractivity contribution in [2.75, 3.05) is 6.54 Å². The molecule has 0 heterocycles. The summed E-state index contributed by atoms with van der Waals surface area (Å²) in [5.74, 6) is 0.755. The number of hydrogen-bond acceptors (Lipinski definition) is 1.